The lowest BCUT2D eigenvalue weighted by molar-refractivity contribution is 0.158. The topological polar surface area (TPSA) is 34.1 Å². The molecule has 3 nitrogen and oxygen atoms in total. The average Bonchev–Trinajstić information content (AvgIpc) is 2.42. The van der Waals surface area contributed by atoms with Crippen molar-refractivity contribution < 1.29 is 4.74 Å². The number of ether oxygens (including phenoxy) is 1. The molecular formula is C16H20N2O. The van der Waals surface area contributed by atoms with Crippen LogP contribution in [0.25, 0.3) is 10.8 Å². The second-order valence-corrected chi connectivity index (χ2v) is 4.74. The second-order valence-electron chi connectivity index (χ2n) is 4.74. The predicted octanol–water partition coefficient (Wildman–Crippen LogP) is 2.92. The molecule has 2 rings (SSSR count). The molecule has 0 aliphatic heterocycles. The third kappa shape index (κ3) is 4.47. The molecule has 2 aromatic rings. The first-order valence-electron chi connectivity index (χ1n) is 6.51. The van der Waals surface area contributed by atoms with Crippen LogP contribution in [0, 0.1) is 0 Å². The highest BCUT2D eigenvalue weighted by atomic mass is 16.5. The van der Waals surface area contributed by atoms with Gasteiger partial charge in [-0.15, -0.1) is 0 Å². The van der Waals surface area contributed by atoms with Gasteiger partial charge in [0.25, 0.3) is 0 Å². The SMILES string of the molecule is C=C(C)COCCNCc1ccc2cnccc2c1. The smallest absolute Gasteiger partial charge is 0.0672 e. The molecular weight excluding hydrogens is 236 g/mol. The maximum absolute atomic E-state index is 5.43. The lowest BCUT2D eigenvalue weighted by atomic mass is 10.1. The molecule has 0 amide bonds. The van der Waals surface area contributed by atoms with Crippen LogP contribution in [0.1, 0.15) is 12.5 Å². The highest BCUT2D eigenvalue weighted by molar-refractivity contribution is 5.81. The van der Waals surface area contributed by atoms with Crippen molar-refractivity contribution >= 4 is 10.8 Å². The Kier molecular flexibility index (Phi) is 5.07. The third-order valence-corrected chi connectivity index (χ3v) is 2.81. The molecule has 0 spiro atoms. The molecule has 0 aliphatic rings. The lowest BCUT2D eigenvalue weighted by Crippen LogP contribution is -2.19. The zero-order chi connectivity index (χ0) is 13.5. The predicted molar refractivity (Wildman–Crippen MR) is 79.1 cm³/mol. The Labute approximate surface area is 114 Å². The number of nitrogens with one attached hydrogen (secondary N) is 1. The zero-order valence-corrected chi connectivity index (χ0v) is 11.4. The van der Waals surface area contributed by atoms with Crippen LogP contribution in [0.2, 0.25) is 0 Å². The van der Waals surface area contributed by atoms with Gasteiger partial charge in [0.1, 0.15) is 0 Å². The van der Waals surface area contributed by atoms with Gasteiger partial charge in [-0.25, -0.2) is 0 Å². The van der Waals surface area contributed by atoms with Crippen LogP contribution in [0.15, 0.2) is 48.8 Å². The van der Waals surface area contributed by atoms with Crippen molar-refractivity contribution in [1.29, 1.82) is 0 Å². The van der Waals surface area contributed by atoms with E-state index in [-0.39, 0.29) is 0 Å². The Balaban J connectivity index is 1.77. The van der Waals surface area contributed by atoms with Crippen LogP contribution in [-0.4, -0.2) is 24.7 Å². The summed E-state index contributed by atoms with van der Waals surface area (Å²) in [4.78, 5) is 4.11. The van der Waals surface area contributed by atoms with E-state index in [0.29, 0.717) is 13.2 Å². The van der Waals surface area contributed by atoms with Gasteiger partial charge in [-0.1, -0.05) is 24.3 Å². The van der Waals surface area contributed by atoms with E-state index >= 15 is 0 Å². The monoisotopic (exact) mass is 256 g/mol. The number of benzene rings is 1. The summed E-state index contributed by atoms with van der Waals surface area (Å²) in [5.41, 5.74) is 2.33. The van der Waals surface area contributed by atoms with Crippen molar-refractivity contribution in [1.82, 2.24) is 10.3 Å². The lowest BCUT2D eigenvalue weighted by Gasteiger charge is -2.07. The third-order valence-electron chi connectivity index (χ3n) is 2.81. The number of hydrogen-bond donors (Lipinski definition) is 1. The van der Waals surface area contributed by atoms with Crippen molar-refractivity contribution in [2.24, 2.45) is 0 Å². The standard InChI is InChI=1S/C16H20N2O/c1-13(2)12-19-8-7-18-10-14-3-4-16-11-17-6-5-15(16)9-14/h3-6,9,11,18H,1,7-8,10,12H2,2H3. The van der Waals surface area contributed by atoms with Crippen molar-refractivity contribution in [2.45, 2.75) is 13.5 Å². The van der Waals surface area contributed by atoms with E-state index in [9.17, 15) is 0 Å². The molecule has 3 heteroatoms. The van der Waals surface area contributed by atoms with Crippen LogP contribution in [0.3, 0.4) is 0 Å². The van der Waals surface area contributed by atoms with Gasteiger partial charge in [0.15, 0.2) is 0 Å². The maximum Gasteiger partial charge on any atom is 0.0672 e. The molecule has 0 saturated heterocycles. The Morgan fingerprint density at radius 3 is 3.05 bits per heavy atom. The largest absolute Gasteiger partial charge is 0.376 e. The minimum absolute atomic E-state index is 0.644. The summed E-state index contributed by atoms with van der Waals surface area (Å²) in [5, 5.41) is 5.78. The summed E-state index contributed by atoms with van der Waals surface area (Å²) >= 11 is 0. The normalized spacial score (nSPS) is 10.8. The molecule has 19 heavy (non-hydrogen) atoms. The van der Waals surface area contributed by atoms with Gasteiger partial charge in [0, 0.05) is 30.9 Å². The van der Waals surface area contributed by atoms with Crippen molar-refractivity contribution in [2.75, 3.05) is 19.8 Å². The van der Waals surface area contributed by atoms with Gasteiger partial charge >= 0.3 is 0 Å². The summed E-state index contributed by atoms with van der Waals surface area (Å²) in [6, 6.07) is 8.47. The number of aromatic nitrogens is 1. The fourth-order valence-electron chi connectivity index (χ4n) is 1.87. The fraction of sp³-hybridized carbons (Fsp3) is 0.312. The quantitative estimate of drug-likeness (QED) is 0.611. The van der Waals surface area contributed by atoms with Gasteiger partial charge in [0.2, 0.25) is 0 Å². The van der Waals surface area contributed by atoms with Gasteiger partial charge in [-0.05, 0) is 30.0 Å². The molecule has 0 bridgehead atoms. The van der Waals surface area contributed by atoms with E-state index in [2.05, 4.69) is 35.1 Å². The second kappa shape index (κ2) is 7.02. The first-order valence-corrected chi connectivity index (χ1v) is 6.51. The molecule has 1 N–H and O–H groups in total. The molecule has 0 saturated carbocycles. The summed E-state index contributed by atoms with van der Waals surface area (Å²) in [6.07, 6.45) is 3.71. The first kappa shape index (κ1) is 13.7. The van der Waals surface area contributed by atoms with E-state index < -0.39 is 0 Å². The fourth-order valence-corrected chi connectivity index (χ4v) is 1.87. The molecule has 0 unspecified atom stereocenters. The highest BCUT2D eigenvalue weighted by Gasteiger charge is 1.96. The number of fused-ring (bicyclic) bond motifs is 1. The van der Waals surface area contributed by atoms with E-state index in [1.807, 2.05) is 25.4 Å². The summed E-state index contributed by atoms with van der Waals surface area (Å²) in [5.74, 6) is 0. The molecule has 0 fully saturated rings. The minimum Gasteiger partial charge on any atom is -0.376 e. The molecule has 0 radical (unpaired) electrons. The zero-order valence-electron chi connectivity index (χ0n) is 11.4. The van der Waals surface area contributed by atoms with Gasteiger partial charge in [-0.2, -0.15) is 0 Å². The first-order chi connectivity index (χ1) is 9.25. The Bertz CT molecular complexity index is 551. The molecule has 1 aromatic heterocycles. The van der Waals surface area contributed by atoms with E-state index in [1.165, 1.54) is 16.3 Å². The Hall–Kier alpha value is -1.71. The molecule has 1 heterocycles. The van der Waals surface area contributed by atoms with Gasteiger partial charge in [-0.3, -0.25) is 4.98 Å². The van der Waals surface area contributed by atoms with Crippen molar-refractivity contribution in [3.05, 3.63) is 54.4 Å². The van der Waals surface area contributed by atoms with Crippen LogP contribution in [0.4, 0.5) is 0 Å². The number of rotatable bonds is 7. The molecule has 100 valence electrons. The maximum atomic E-state index is 5.43. The number of hydrogen-bond acceptors (Lipinski definition) is 3. The van der Waals surface area contributed by atoms with E-state index in [4.69, 9.17) is 4.74 Å². The Morgan fingerprint density at radius 2 is 2.21 bits per heavy atom. The van der Waals surface area contributed by atoms with Crippen LogP contribution in [0.5, 0.6) is 0 Å². The van der Waals surface area contributed by atoms with Crippen molar-refractivity contribution in [3.8, 4) is 0 Å². The molecule has 1 aromatic carbocycles. The summed E-state index contributed by atoms with van der Waals surface area (Å²) in [6.45, 7) is 8.83. The van der Waals surface area contributed by atoms with E-state index in [1.54, 1.807) is 0 Å². The number of nitrogens with zero attached hydrogens (tertiary/aromatic N) is 1. The van der Waals surface area contributed by atoms with Crippen molar-refractivity contribution in [3.63, 3.8) is 0 Å². The number of pyridine rings is 1. The summed E-state index contributed by atoms with van der Waals surface area (Å²) < 4.78 is 5.43. The average molecular weight is 256 g/mol. The van der Waals surface area contributed by atoms with Gasteiger partial charge < -0.3 is 10.1 Å². The van der Waals surface area contributed by atoms with Crippen LogP contribution >= 0.6 is 0 Å². The Morgan fingerprint density at radius 1 is 1.32 bits per heavy atom. The highest BCUT2D eigenvalue weighted by Crippen LogP contribution is 2.14. The van der Waals surface area contributed by atoms with Crippen LogP contribution in [-0.2, 0) is 11.3 Å². The minimum atomic E-state index is 0.644. The van der Waals surface area contributed by atoms with Gasteiger partial charge in [0.05, 0.1) is 13.2 Å². The molecule has 0 atom stereocenters. The summed E-state index contributed by atoms with van der Waals surface area (Å²) in [7, 11) is 0. The molecule has 0 aliphatic carbocycles. The van der Waals surface area contributed by atoms with Crippen LogP contribution < -0.4 is 5.32 Å². The van der Waals surface area contributed by atoms with E-state index in [0.717, 1.165) is 18.7 Å².